The Bertz CT molecular complexity index is 938. The summed E-state index contributed by atoms with van der Waals surface area (Å²) in [5.74, 6) is -3.13. The van der Waals surface area contributed by atoms with Crippen molar-refractivity contribution in [2.75, 3.05) is 6.61 Å². The van der Waals surface area contributed by atoms with Gasteiger partial charge in [-0.15, -0.1) is 0 Å². The van der Waals surface area contributed by atoms with Crippen molar-refractivity contribution in [2.45, 2.75) is 32.2 Å². The van der Waals surface area contributed by atoms with Crippen molar-refractivity contribution in [3.63, 3.8) is 0 Å². The second-order valence-corrected chi connectivity index (χ2v) is 8.60. The second kappa shape index (κ2) is 8.30. The zero-order valence-corrected chi connectivity index (χ0v) is 17.6. The first kappa shape index (κ1) is 21.3. The molecule has 3 aliphatic rings. The lowest BCUT2D eigenvalue weighted by Crippen LogP contribution is -2.47. The molecular weight excluding hydrogens is 426 g/mol. The molecule has 1 saturated heterocycles. The summed E-state index contributed by atoms with van der Waals surface area (Å²) in [5, 5.41) is 0.215. The average Bonchev–Trinajstić information content (AvgIpc) is 3.43. The number of benzene rings is 1. The summed E-state index contributed by atoms with van der Waals surface area (Å²) >= 11 is 5.91. The average molecular weight is 448 g/mol. The molecule has 5 atom stereocenters. The van der Waals surface area contributed by atoms with Gasteiger partial charge in [0, 0.05) is 0 Å². The van der Waals surface area contributed by atoms with Crippen LogP contribution in [-0.4, -0.2) is 47.1 Å². The smallest absolute Gasteiger partial charge is 0.329 e. The fraction of sp³-hybridized carbons (Fsp3) is 0.476. The van der Waals surface area contributed by atoms with Crippen LogP contribution in [0.5, 0.6) is 0 Å². The third-order valence-corrected chi connectivity index (χ3v) is 6.80. The van der Waals surface area contributed by atoms with Crippen LogP contribution in [0.2, 0.25) is 5.02 Å². The fourth-order valence-corrected chi connectivity index (χ4v) is 5.27. The molecule has 2 saturated carbocycles. The molecule has 1 aromatic rings. The van der Waals surface area contributed by atoms with Crippen LogP contribution in [0.3, 0.4) is 0 Å². The molecule has 31 heavy (non-hydrogen) atoms. The maximum Gasteiger partial charge on any atom is 0.329 e. The number of halogens is 1. The number of imide groups is 1. The van der Waals surface area contributed by atoms with Gasteiger partial charge < -0.3 is 4.74 Å². The Balaban J connectivity index is 1.27. The van der Waals surface area contributed by atoms with Gasteiger partial charge in [-0.2, -0.15) is 0 Å². The molecule has 9 nitrogen and oxygen atoms in total. The van der Waals surface area contributed by atoms with Gasteiger partial charge in [-0.3, -0.25) is 34.9 Å². The van der Waals surface area contributed by atoms with Crippen molar-refractivity contribution in [3.8, 4) is 0 Å². The quantitative estimate of drug-likeness (QED) is 0.395. The Kier molecular flexibility index (Phi) is 5.70. The van der Waals surface area contributed by atoms with E-state index in [0.717, 1.165) is 24.2 Å². The molecule has 164 valence electrons. The highest BCUT2D eigenvalue weighted by Gasteiger charge is 2.62. The zero-order valence-electron chi connectivity index (χ0n) is 16.8. The molecule has 1 aliphatic heterocycles. The summed E-state index contributed by atoms with van der Waals surface area (Å²) in [4.78, 5) is 62.8. The molecule has 2 bridgehead atoms. The van der Waals surface area contributed by atoms with E-state index in [0.29, 0.717) is 0 Å². The Hall–Kier alpha value is -2.94. The highest BCUT2D eigenvalue weighted by Crippen LogP contribution is 2.56. The minimum Gasteiger partial charge on any atom is -0.454 e. The second-order valence-electron chi connectivity index (χ2n) is 8.20. The SMILES string of the molecule is C[C@H](C(=O)OCC(=O)NNC(=O)c1ccccc1Cl)N1C(=O)[C@@H]2[C@H]3CC[C@@H](C3)[C@@H]2C1=O. The lowest BCUT2D eigenvalue weighted by Gasteiger charge is -2.23. The van der Waals surface area contributed by atoms with Gasteiger partial charge >= 0.3 is 5.97 Å². The fourth-order valence-electron chi connectivity index (χ4n) is 5.05. The number of hydrazine groups is 1. The molecule has 3 fully saturated rings. The van der Waals surface area contributed by atoms with E-state index in [2.05, 4.69) is 10.9 Å². The number of carbonyl (C=O) groups is 5. The monoisotopic (exact) mass is 447 g/mol. The maximum absolute atomic E-state index is 12.8. The van der Waals surface area contributed by atoms with E-state index in [1.54, 1.807) is 12.1 Å². The van der Waals surface area contributed by atoms with Gasteiger partial charge in [-0.05, 0) is 50.2 Å². The van der Waals surface area contributed by atoms with Crippen molar-refractivity contribution in [2.24, 2.45) is 23.7 Å². The summed E-state index contributed by atoms with van der Waals surface area (Å²) in [6.07, 6.45) is 2.79. The molecule has 4 rings (SSSR count). The number of nitrogens with one attached hydrogen (secondary N) is 2. The Labute approximate surface area is 183 Å². The molecule has 1 aromatic carbocycles. The molecule has 2 N–H and O–H groups in total. The maximum atomic E-state index is 12.8. The lowest BCUT2D eigenvalue weighted by molar-refractivity contribution is -0.160. The van der Waals surface area contributed by atoms with Crippen LogP contribution in [0.1, 0.15) is 36.5 Å². The molecule has 4 amide bonds. The number of ether oxygens (including phenoxy) is 1. The first-order valence-corrected chi connectivity index (χ1v) is 10.5. The van der Waals surface area contributed by atoms with Crippen molar-refractivity contribution >= 4 is 41.2 Å². The summed E-state index contributed by atoms with van der Waals surface area (Å²) < 4.78 is 4.95. The highest BCUT2D eigenvalue weighted by atomic mass is 35.5. The Morgan fingerprint density at radius 3 is 2.32 bits per heavy atom. The molecule has 1 heterocycles. The minimum absolute atomic E-state index is 0.167. The lowest BCUT2D eigenvalue weighted by atomic mass is 9.81. The highest BCUT2D eigenvalue weighted by molar-refractivity contribution is 6.33. The molecule has 2 aliphatic carbocycles. The van der Waals surface area contributed by atoms with E-state index in [-0.39, 0.29) is 46.1 Å². The summed E-state index contributed by atoms with van der Waals surface area (Å²) in [6.45, 7) is 0.735. The van der Waals surface area contributed by atoms with Gasteiger partial charge in [-0.1, -0.05) is 23.7 Å². The van der Waals surface area contributed by atoms with Crippen molar-refractivity contribution in [1.29, 1.82) is 0 Å². The van der Waals surface area contributed by atoms with Crippen LogP contribution in [0, 0.1) is 23.7 Å². The van der Waals surface area contributed by atoms with Gasteiger partial charge in [-0.25, -0.2) is 4.79 Å². The number of hydrogen-bond acceptors (Lipinski definition) is 6. The predicted molar refractivity (Wildman–Crippen MR) is 107 cm³/mol. The summed E-state index contributed by atoms with van der Waals surface area (Å²) in [6, 6.07) is 5.17. The minimum atomic E-state index is -1.12. The Morgan fingerprint density at radius 2 is 1.71 bits per heavy atom. The standard InChI is InChI=1S/C21H22ClN3O6/c1-10(25-19(28)16-11-6-7-12(8-11)17(16)20(25)29)21(30)31-9-15(26)23-24-18(27)13-4-2-3-5-14(13)22/h2-5,10-12,16-17H,6-9H2,1H3,(H,23,26)(H,24,27)/t10-,11+,12+,16-,17+/m1/s1. The number of hydrogen-bond donors (Lipinski definition) is 2. The summed E-state index contributed by atoms with van der Waals surface area (Å²) in [7, 11) is 0. The number of likely N-dealkylation sites (tertiary alicyclic amines) is 1. The molecule has 0 aromatic heterocycles. The number of nitrogens with zero attached hydrogens (tertiary/aromatic N) is 1. The Morgan fingerprint density at radius 1 is 1.10 bits per heavy atom. The number of amides is 4. The van der Waals surface area contributed by atoms with Crippen LogP contribution < -0.4 is 10.9 Å². The van der Waals surface area contributed by atoms with E-state index < -0.39 is 30.4 Å². The van der Waals surface area contributed by atoms with Crippen molar-refractivity contribution in [1.82, 2.24) is 15.8 Å². The van der Waals surface area contributed by atoms with E-state index in [4.69, 9.17) is 16.3 Å². The first-order chi connectivity index (χ1) is 14.8. The van der Waals surface area contributed by atoms with Crippen LogP contribution in [0.4, 0.5) is 0 Å². The van der Waals surface area contributed by atoms with Crippen LogP contribution in [0.25, 0.3) is 0 Å². The summed E-state index contributed by atoms with van der Waals surface area (Å²) in [5.41, 5.74) is 4.46. The normalized spacial score (nSPS) is 27.1. The third-order valence-electron chi connectivity index (χ3n) is 6.47. The van der Waals surface area contributed by atoms with Crippen LogP contribution in [-0.2, 0) is 23.9 Å². The van der Waals surface area contributed by atoms with Gasteiger partial charge in [0.25, 0.3) is 11.8 Å². The molecule has 10 heteroatoms. The molecule has 0 spiro atoms. The van der Waals surface area contributed by atoms with Gasteiger partial charge in [0.1, 0.15) is 6.04 Å². The number of esters is 1. The number of carbonyl (C=O) groups excluding carboxylic acids is 5. The van der Waals surface area contributed by atoms with Gasteiger partial charge in [0.15, 0.2) is 6.61 Å². The van der Waals surface area contributed by atoms with Crippen LogP contribution in [0.15, 0.2) is 24.3 Å². The topological polar surface area (TPSA) is 122 Å². The van der Waals surface area contributed by atoms with Gasteiger partial charge in [0.2, 0.25) is 11.8 Å². The van der Waals surface area contributed by atoms with E-state index in [1.165, 1.54) is 19.1 Å². The van der Waals surface area contributed by atoms with E-state index in [9.17, 15) is 24.0 Å². The largest absolute Gasteiger partial charge is 0.454 e. The number of fused-ring (bicyclic) bond motifs is 5. The van der Waals surface area contributed by atoms with Crippen molar-refractivity contribution < 1.29 is 28.7 Å². The van der Waals surface area contributed by atoms with Crippen molar-refractivity contribution in [3.05, 3.63) is 34.9 Å². The van der Waals surface area contributed by atoms with Crippen LogP contribution >= 0.6 is 11.6 Å². The molecule has 0 radical (unpaired) electrons. The molecular formula is C21H22ClN3O6. The van der Waals surface area contributed by atoms with E-state index >= 15 is 0 Å². The zero-order chi connectivity index (χ0) is 22.3. The first-order valence-electron chi connectivity index (χ1n) is 10.2. The predicted octanol–water partition coefficient (Wildman–Crippen LogP) is 1.06. The van der Waals surface area contributed by atoms with E-state index in [1.807, 2.05) is 0 Å². The number of rotatable bonds is 5. The third kappa shape index (κ3) is 3.78. The van der Waals surface area contributed by atoms with Gasteiger partial charge in [0.05, 0.1) is 22.4 Å². The molecule has 0 unspecified atom stereocenters.